The average Bonchev–Trinajstić information content (AvgIpc) is 3.21. The molecule has 0 saturated carbocycles. The van der Waals surface area contributed by atoms with Gasteiger partial charge in [-0.05, 0) is 56.2 Å². The number of ether oxygens (including phenoxy) is 2. The monoisotopic (exact) mass is 411 g/mol. The van der Waals surface area contributed by atoms with E-state index in [4.69, 9.17) is 9.47 Å². The van der Waals surface area contributed by atoms with E-state index in [1.807, 2.05) is 62.4 Å². The maximum absolute atomic E-state index is 13.0. The molecule has 7 heteroatoms. The number of aryl methyl sites for hydroxylation is 1. The molecule has 29 heavy (non-hydrogen) atoms. The number of anilines is 1. The number of hydrogen-bond acceptors (Lipinski definition) is 6. The number of hydrogen-bond donors (Lipinski definition) is 0. The molecule has 0 fully saturated rings. The van der Waals surface area contributed by atoms with E-state index < -0.39 is 0 Å². The van der Waals surface area contributed by atoms with Crippen molar-refractivity contribution < 1.29 is 14.3 Å². The number of para-hydroxylation sites is 1. The highest BCUT2D eigenvalue weighted by atomic mass is 32.1. The molecule has 3 aromatic rings. The van der Waals surface area contributed by atoms with E-state index in [-0.39, 0.29) is 11.9 Å². The number of amides is 1. The van der Waals surface area contributed by atoms with Crippen LogP contribution in [0.5, 0.6) is 11.5 Å². The van der Waals surface area contributed by atoms with Gasteiger partial charge in [-0.2, -0.15) is 0 Å². The van der Waals surface area contributed by atoms with Crippen molar-refractivity contribution in [3.63, 3.8) is 0 Å². The molecule has 3 rings (SSSR count). The van der Waals surface area contributed by atoms with Gasteiger partial charge in [-0.15, -0.1) is 10.2 Å². The maximum Gasteiger partial charge on any atom is 0.229 e. The molecule has 1 amide bonds. The summed E-state index contributed by atoms with van der Waals surface area (Å²) >= 11 is 1.41. The fourth-order valence-electron chi connectivity index (χ4n) is 3.05. The Labute approximate surface area is 175 Å². The molecule has 0 bridgehead atoms. The van der Waals surface area contributed by atoms with Gasteiger partial charge in [0.1, 0.15) is 16.5 Å². The standard InChI is InChI=1S/C22H25N3O3S/c1-15(2)25(20(26)14-11-16-7-5-6-8-19(16)28-4)22-24-23-21(29-22)17-9-12-18(27-3)13-10-17/h5-10,12-13,15H,11,14H2,1-4H3. The highest BCUT2D eigenvalue weighted by Crippen LogP contribution is 2.31. The lowest BCUT2D eigenvalue weighted by atomic mass is 10.1. The van der Waals surface area contributed by atoms with Gasteiger partial charge in [0, 0.05) is 18.0 Å². The molecule has 0 radical (unpaired) electrons. The van der Waals surface area contributed by atoms with Gasteiger partial charge in [0.25, 0.3) is 0 Å². The zero-order valence-corrected chi connectivity index (χ0v) is 17.9. The molecule has 1 heterocycles. The van der Waals surface area contributed by atoms with E-state index in [1.165, 1.54) is 11.3 Å². The summed E-state index contributed by atoms with van der Waals surface area (Å²) in [7, 11) is 3.28. The summed E-state index contributed by atoms with van der Waals surface area (Å²) in [5, 5.41) is 9.95. The summed E-state index contributed by atoms with van der Waals surface area (Å²) in [5.41, 5.74) is 1.96. The lowest BCUT2D eigenvalue weighted by Gasteiger charge is -2.23. The lowest BCUT2D eigenvalue weighted by Crippen LogP contribution is -2.37. The van der Waals surface area contributed by atoms with Crippen molar-refractivity contribution in [2.45, 2.75) is 32.7 Å². The van der Waals surface area contributed by atoms with E-state index in [1.54, 1.807) is 19.1 Å². The first-order valence-corrected chi connectivity index (χ1v) is 10.3. The van der Waals surface area contributed by atoms with Crippen LogP contribution in [0, 0.1) is 0 Å². The molecule has 0 atom stereocenters. The molecule has 2 aromatic carbocycles. The third-order valence-electron chi connectivity index (χ3n) is 4.54. The first kappa shape index (κ1) is 20.8. The Morgan fingerprint density at radius 2 is 1.76 bits per heavy atom. The average molecular weight is 412 g/mol. The smallest absolute Gasteiger partial charge is 0.229 e. The van der Waals surface area contributed by atoms with Crippen LogP contribution >= 0.6 is 11.3 Å². The molecule has 0 saturated heterocycles. The summed E-state index contributed by atoms with van der Waals surface area (Å²) in [4.78, 5) is 14.7. The van der Waals surface area contributed by atoms with Gasteiger partial charge in [0.2, 0.25) is 11.0 Å². The molecule has 0 aliphatic rings. The molecular formula is C22H25N3O3S. The Bertz CT molecular complexity index is 954. The molecule has 0 unspecified atom stereocenters. The second kappa shape index (κ2) is 9.52. The fraction of sp³-hybridized carbons (Fsp3) is 0.318. The molecule has 0 aliphatic carbocycles. The molecular weight excluding hydrogens is 386 g/mol. The van der Waals surface area contributed by atoms with Crippen LogP contribution in [-0.2, 0) is 11.2 Å². The number of methoxy groups -OCH3 is 2. The van der Waals surface area contributed by atoms with Gasteiger partial charge < -0.3 is 9.47 Å². The van der Waals surface area contributed by atoms with Crippen LogP contribution in [0.2, 0.25) is 0 Å². The minimum Gasteiger partial charge on any atom is -0.497 e. The predicted octanol–water partition coefficient (Wildman–Crippen LogP) is 4.60. The van der Waals surface area contributed by atoms with Gasteiger partial charge in [-0.3, -0.25) is 9.69 Å². The number of carbonyl (C=O) groups excluding carboxylic acids is 1. The Kier molecular flexibility index (Phi) is 6.82. The number of aromatic nitrogens is 2. The van der Waals surface area contributed by atoms with Crippen molar-refractivity contribution in [2.75, 3.05) is 19.1 Å². The summed E-state index contributed by atoms with van der Waals surface area (Å²) in [6.45, 7) is 3.96. The third-order valence-corrected chi connectivity index (χ3v) is 5.51. The van der Waals surface area contributed by atoms with Gasteiger partial charge in [-0.1, -0.05) is 29.5 Å². The molecule has 152 valence electrons. The van der Waals surface area contributed by atoms with Crippen molar-refractivity contribution >= 4 is 22.4 Å². The van der Waals surface area contributed by atoms with Crippen LogP contribution in [0.15, 0.2) is 48.5 Å². The second-order valence-electron chi connectivity index (χ2n) is 6.79. The van der Waals surface area contributed by atoms with Crippen molar-refractivity contribution in [3.8, 4) is 22.1 Å². The van der Waals surface area contributed by atoms with E-state index in [0.717, 1.165) is 27.6 Å². The zero-order chi connectivity index (χ0) is 20.8. The fourth-order valence-corrected chi connectivity index (χ4v) is 4.05. The van der Waals surface area contributed by atoms with E-state index in [0.29, 0.717) is 18.0 Å². The summed E-state index contributed by atoms with van der Waals surface area (Å²) in [6.07, 6.45) is 0.978. The number of benzene rings is 2. The van der Waals surface area contributed by atoms with Crippen molar-refractivity contribution in [1.82, 2.24) is 10.2 Å². The number of nitrogens with zero attached hydrogens (tertiary/aromatic N) is 3. The van der Waals surface area contributed by atoms with Crippen LogP contribution in [-0.4, -0.2) is 36.4 Å². The van der Waals surface area contributed by atoms with Crippen molar-refractivity contribution in [2.24, 2.45) is 0 Å². The number of carbonyl (C=O) groups is 1. The normalized spacial score (nSPS) is 10.8. The highest BCUT2D eigenvalue weighted by Gasteiger charge is 2.23. The molecule has 6 nitrogen and oxygen atoms in total. The Morgan fingerprint density at radius 3 is 2.41 bits per heavy atom. The molecule has 0 N–H and O–H groups in total. The van der Waals surface area contributed by atoms with Gasteiger partial charge in [0.15, 0.2) is 0 Å². The number of rotatable bonds is 8. The largest absolute Gasteiger partial charge is 0.497 e. The minimum absolute atomic E-state index is 0.0168. The van der Waals surface area contributed by atoms with Crippen LogP contribution < -0.4 is 14.4 Å². The van der Waals surface area contributed by atoms with Gasteiger partial charge in [-0.25, -0.2) is 0 Å². The minimum atomic E-state index is -0.0168. The second-order valence-corrected chi connectivity index (χ2v) is 7.74. The van der Waals surface area contributed by atoms with Gasteiger partial charge >= 0.3 is 0 Å². The summed E-state index contributed by atoms with van der Waals surface area (Å²) < 4.78 is 10.6. The van der Waals surface area contributed by atoms with Crippen LogP contribution in [0.3, 0.4) is 0 Å². The van der Waals surface area contributed by atoms with E-state index in [2.05, 4.69) is 10.2 Å². The van der Waals surface area contributed by atoms with Gasteiger partial charge in [0.05, 0.1) is 14.2 Å². The lowest BCUT2D eigenvalue weighted by molar-refractivity contribution is -0.118. The van der Waals surface area contributed by atoms with E-state index >= 15 is 0 Å². The maximum atomic E-state index is 13.0. The topological polar surface area (TPSA) is 64.6 Å². The first-order chi connectivity index (χ1) is 14.0. The van der Waals surface area contributed by atoms with Crippen molar-refractivity contribution in [1.29, 1.82) is 0 Å². The highest BCUT2D eigenvalue weighted by molar-refractivity contribution is 7.18. The Morgan fingerprint density at radius 1 is 1.03 bits per heavy atom. The van der Waals surface area contributed by atoms with Crippen LogP contribution in [0.1, 0.15) is 25.8 Å². The zero-order valence-electron chi connectivity index (χ0n) is 17.1. The predicted molar refractivity (Wildman–Crippen MR) is 116 cm³/mol. The molecule has 0 aliphatic heterocycles. The Balaban J connectivity index is 1.75. The molecule has 0 spiro atoms. The van der Waals surface area contributed by atoms with Crippen LogP contribution in [0.25, 0.3) is 10.6 Å². The molecule has 1 aromatic heterocycles. The van der Waals surface area contributed by atoms with Crippen LogP contribution in [0.4, 0.5) is 5.13 Å². The Hall–Kier alpha value is -2.93. The summed E-state index contributed by atoms with van der Waals surface area (Å²) in [5.74, 6) is 1.60. The third kappa shape index (κ3) is 4.92. The quantitative estimate of drug-likeness (QED) is 0.542. The van der Waals surface area contributed by atoms with E-state index in [9.17, 15) is 4.79 Å². The summed E-state index contributed by atoms with van der Waals surface area (Å²) in [6, 6.07) is 15.4. The van der Waals surface area contributed by atoms with Crippen molar-refractivity contribution in [3.05, 3.63) is 54.1 Å². The first-order valence-electron chi connectivity index (χ1n) is 9.45. The SMILES string of the molecule is COc1ccc(-c2nnc(N(C(=O)CCc3ccccc3OC)C(C)C)s2)cc1.